The molecule has 1 fully saturated rings. The van der Waals surface area contributed by atoms with E-state index in [-0.39, 0.29) is 17.4 Å². The third-order valence-electron chi connectivity index (χ3n) is 5.92. The number of benzene rings is 3. The van der Waals surface area contributed by atoms with Gasteiger partial charge in [-0.1, -0.05) is 37.6 Å². The Kier molecular flexibility index (Phi) is 8.10. The number of hydrogen-bond acceptors (Lipinski definition) is 4. The van der Waals surface area contributed by atoms with Crippen LogP contribution in [-0.2, 0) is 0 Å². The number of piperazine rings is 1. The molecule has 4 rings (SSSR count). The molecule has 0 bridgehead atoms. The number of anilines is 2. The Balaban J connectivity index is 1.43. The van der Waals surface area contributed by atoms with Gasteiger partial charge in [0.1, 0.15) is 11.6 Å². The van der Waals surface area contributed by atoms with Crippen molar-refractivity contribution in [2.24, 2.45) is 5.92 Å². The normalized spacial score (nSPS) is 13.6. The summed E-state index contributed by atoms with van der Waals surface area (Å²) in [7, 11) is 0. The van der Waals surface area contributed by atoms with Crippen LogP contribution in [0.15, 0.2) is 66.7 Å². The molecule has 1 aliphatic rings. The van der Waals surface area contributed by atoms with Crippen molar-refractivity contribution in [3.8, 4) is 5.75 Å². The second-order valence-corrected chi connectivity index (χ2v) is 9.54. The molecule has 0 radical (unpaired) electrons. The van der Waals surface area contributed by atoms with Crippen LogP contribution < -0.4 is 15.0 Å². The highest BCUT2D eigenvalue weighted by Gasteiger charge is 2.25. The Hall–Kier alpha value is -3.58. The first kappa shape index (κ1) is 25.5. The van der Waals surface area contributed by atoms with Gasteiger partial charge in [-0.15, -0.1) is 0 Å². The van der Waals surface area contributed by atoms with Crippen LogP contribution in [-0.4, -0.2) is 49.5 Å². The Morgan fingerprint density at radius 2 is 1.69 bits per heavy atom. The minimum atomic E-state index is -0.521. The molecular formula is C28H29ClFN3O3. The van der Waals surface area contributed by atoms with E-state index in [0.717, 1.165) is 5.69 Å². The minimum Gasteiger partial charge on any atom is -0.493 e. The van der Waals surface area contributed by atoms with Crippen LogP contribution in [0.25, 0.3) is 0 Å². The molecule has 1 heterocycles. The van der Waals surface area contributed by atoms with E-state index in [1.165, 1.54) is 12.1 Å². The SMILES string of the molecule is CC(C)COc1ccc(C(=O)Nc2cc(Cl)ccc2N2CCN(C(=O)c3ccccc3F)CC2)cc1. The largest absolute Gasteiger partial charge is 0.493 e. The first-order valence-corrected chi connectivity index (χ1v) is 12.3. The van der Waals surface area contributed by atoms with Crippen LogP contribution >= 0.6 is 11.6 Å². The lowest BCUT2D eigenvalue weighted by Crippen LogP contribution is -2.49. The summed E-state index contributed by atoms with van der Waals surface area (Å²) in [4.78, 5) is 29.5. The molecule has 0 atom stereocenters. The first-order chi connectivity index (χ1) is 17.3. The number of nitrogens with one attached hydrogen (secondary N) is 1. The van der Waals surface area contributed by atoms with Gasteiger partial charge in [-0.3, -0.25) is 9.59 Å². The number of carbonyl (C=O) groups excluding carboxylic acids is 2. The summed E-state index contributed by atoms with van der Waals surface area (Å²) in [6.45, 7) is 6.69. The third kappa shape index (κ3) is 6.15. The van der Waals surface area contributed by atoms with Crippen LogP contribution in [0.3, 0.4) is 0 Å². The molecule has 1 N–H and O–H groups in total. The number of halogens is 2. The maximum absolute atomic E-state index is 14.1. The smallest absolute Gasteiger partial charge is 0.256 e. The number of carbonyl (C=O) groups is 2. The summed E-state index contributed by atoms with van der Waals surface area (Å²) in [6.07, 6.45) is 0. The van der Waals surface area contributed by atoms with E-state index < -0.39 is 5.82 Å². The molecular weight excluding hydrogens is 481 g/mol. The third-order valence-corrected chi connectivity index (χ3v) is 6.15. The van der Waals surface area contributed by atoms with Gasteiger partial charge >= 0.3 is 0 Å². The summed E-state index contributed by atoms with van der Waals surface area (Å²) in [5, 5.41) is 3.47. The van der Waals surface area contributed by atoms with Gasteiger partial charge in [0.2, 0.25) is 0 Å². The van der Waals surface area contributed by atoms with E-state index in [1.807, 2.05) is 6.07 Å². The number of nitrogens with zero attached hydrogens (tertiary/aromatic N) is 2. The van der Waals surface area contributed by atoms with Gasteiger partial charge in [0, 0.05) is 36.8 Å². The Morgan fingerprint density at radius 3 is 2.36 bits per heavy atom. The maximum atomic E-state index is 14.1. The van der Waals surface area contributed by atoms with Crippen molar-refractivity contribution >= 4 is 34.8 Å². The predicted octanol–water partition coefficient (Wildman–Crippen LogP) is 5.73. The van der Waals surface area contributed by atoms with Crippen LogP contribution in [0, 0.1) is 11.7 Å². The number of rotatable bonds is 7. The highest BCUT2D eigenvalue weighted by Crippen LogP contribution is 2.31. The molecule has 6 nitrogen and oxygen atoms in total. The fraction of sp³-hybridized carbons (Fsp3) is 0.286. The summed E-state index contributed by atoms with van der Waals surface area (Å²) >= 11 is 6.24. The number of hydrogen-bond donors (Lipinski definition) is 1. The molecule has 0 aliphatic carbocycles. The Bertz CT molecular complexity index is 1220. The van der Waals surface area contributed by atoms with E-state index >= 15 is 0 Å². The molecule has 8 heteroatoms. The second kappa shape index (κ2) is 11.4. The summed E-state index contributed by atoms with van der Waals surface area (Å²) in [5.74, 6) is 0.0212. The molecule has 1 saturated heterocycles. The van der Waals surface area contributed by atoms with Gasteiger partial charge in [-0.2, -0.15) is 0 Å². The van der Waals surface area contributed by atoms with Gasteiger partial charge in [0.25, 0.3) is 11.8 Å². The number of amides is 2. The van der Waals surface area contributed by atoms with Crippen molar-refractivity contribution in [3.05, 3.63) is 88.7 Å². The zero-order chi connectivity index (χ0) is 25.7. The quantitative estimate of drug-likeness (QED) is 0.442. The molecule has 0 unspecified atom stereocenters. The van der Waals surface area contributed by atoms with Crippen LogP contribution in [0.1, 0.15) is 34.6 Å². The molecule has 3 aromatic rings. The van der Waals surface area contributed by atoms with Crippen LogP contribution in [0.2, 0.25) is 5.02 Å². The monoisotopic (exact) mass is 509 g/mol. The van der Waals surface area contributed by atoms with Gasteiger partial charge in [-0.05, 0) is 60.5 Å². The zero-order valence-electron chi connectivity index (χ0n) is 20.3. The maximum Gasteiger partial charge on any atom is 0.256 e. The van der Waals surface area contributed by atoms with Crippen LogP contribution in [0.5, 0.6) is 5.75 Å². The number of ether oxygens (including phenoxy) is 1. The van der Waals surface area contributed by atoms with Crippen molar-refractivity contribution in [3.63, 3.8) is 0 Å². The summed E-state index contributed by atoms with van der Waals surface area (Å²) in [5.41, 5.74) is 1.97. The lowest BCUT2D eigenvalue weighted by atomic mass is 10.1. The van der Waals surface area contributed by atoms with E-state index in [9.17, 15) is 14.0 Å². The standard InChI is InChI=1S/C28H29ClFN3O3/c1-19(2)18-36-22-10-7-20(8-11-22)27(34)31-25-17-21(29)9-12-26(25)32-13-15-33(16-14-32)28(35)23-5-3-4-6-24(23)30/h3-12,17,19H,13-16,18H2,1-2H3,(H,31,34). The Morgan fingerprint density at radius 1 is 1.00 bits per heavy atom. The topological polar surface area (TPSA) is 61.9 Å². The van der Waals surface area contributed by atoms with Crippen molar-refractivity contribution < 1.29 is 18.7 Å². The predicted molar refractivity (Wildman–Crippen MR) is 141 cm³/mol. The lowest BCUT2D eigenvalue weighted by molar-refractivity contribution is 0.0742. The van der Waals surface area contributed by atoms with Crippen molar-refractivity contribution in [2.45, 2.75) is 13.8 Å². The van der Waals surface area contributed by atoms with Crippen molar-refractivity contribution in [2.75, 3.05) is 43.0 Å². The highest BCUT2D eigenvalue weighted by molar-refractivity contribution is 6.31. The molecule has 0 aromatic heterocycles. The van der Waals surface area contributed by atoms with Gasteiger partial charge < -0.3 is 19.9 Å². The molecule has 0 saturated carbocycles. The van der Waals surface area contributed by atoms with Gasteiger partial charge in [-0.25, -0.2) is 4.39 Å². The lowest BCUT2D eigenvalue weighted by Gasteiger charge is -2.37. The van der Waals surface area contributed by atoms with E-state index in [0.29, 0.717) is 60.7 Å². The molecule has 188 valence electrons. The average molecular weight is 510 g/mol. The van der Waals surface area contributed by atoms with Gasteiger partial charge in [0.15, 0.2) is 0 Å². The van der Waals surface area contributed by atoms with Gasteiger partial charge in [0.05, 0.1) is 23.5 Å². The van der Waals surface area contributed by atoms with Crippen LogP contribution in [0.4, 0.5) is 15.8 Å². The van der Waals surface area contributed by atoms with E-state index in [1.54, 1.807) is 53.4 Å². The van der Waals surface area contributed by atoms with E-state index in [4.69, 9.17) is 16.3 Å². The zero-order valence-corrected chi connectivity index (χ0v) is 21.1. The summed E-state index contributed by atoms with van der Waals surface area (Å²) in [6, 6.07) is 18.4. The van der Waals surface area contributed by atoms with Crippen molar-refractivity contribution in [1.29, 1.82) is 0 Å². The molecule has 3 aromatic carbocycles. The summed E-state index contributed by atoms with van der Waals surface area (Å²) < 4.78 is 19.8. The first-order valence-electron chi connectivity index (χ1n) is 11.9. The molecule has 2 amide bonds. The molecule has 0 spiro atoms. The van der Waals surface area contributed by atoms with E-state index in [2.05, 4.69) is 24.1 Å². The second-order valence-electron chi connectivity index (χ2n) is 9.10. The molecule has 36 heavy (non-hydrogen) atoms. The minimum absolute atomic E-state index is 0.0750. The molecule has 1 aliphatic heterocycles. The van der Waals surface area contributed by atoms with Crippen molar-refractivity contribution in [1.82, 2.24) is 4.90 Å². The fourth-order valence-corrected chi connectivity index (χ4v) is 4.17. The Labute approximate surface area is 215 Å². The fourth-order valence-electron chi connectivity index (χ4n) is 4.00. The highest BCUT2D eigenvalue weighted by atomic mass is 35.5. The average Bonchev–Trinajstić information content (AvgIpc) is 2.88.